The summed E-state index contributed by atoms with van der Waals surface area (Å²) < 4.78 is 11.7. The number of para-hydroxylation sites is 2. The third kappa shape index (κ3) is 4.28. The molecule has 0 N–H and O–H groups in total. The standard InChI is InChI=1S/C32H30N2O5/c1-3-38-32(37)25-14-15-28-29(20(25)2)33(23-10-6-4-7-11-23)18-27-22(19-39-28)16-21-17-26(27)31(36)34(30(21)35)24-12-8-5-9-13-24/h4-16,21,26-27H,3,17-19H2,1-2H3/t21-,26-,27+/m0/s1. The van der Waals surface area contributed by atoms with Crippen molar-refractivity contribution in [3.05, 3.63) is 95.6 Å². The van der Waals surface area contributed by atoms with Crippen LogP contribution in [0, 0.1) is 24.7 Å². The quantitative estimate of drug-likeness (QED) is 0.258. The summed E-state index contributed by atoms with van der Waals surface area (Å²) in [5, 5.41) is 0. The number of rotatable bonds is 4. The Morgan fingerprint density at radius 3 is 2.31 bits per heavy atom. The summed E-state index contributed by atoms with van der Waals surface area (Å²) in [4.78, 5) is 43.6. The number of fused-ring (bicyclic) bond motifs is 5. The van der Waals surface area contributed by atoms with Crippen LogP contribution in [0.1, 0.15) is 29.3 Å². The molecule has 0 radical (unpaired) electrons. The lowest BCUT2D eigenvalue weighted by atomic mass is 9.70. The zero-order valence-electron chi connectivity index (χ0n) is 22.0. The summed E-state index contributed by atoms with van der Waals surface area (Å²) >= 11 is 0. The van der Waals surface area contributed by atoms with Crippen LogP contribution < -0.4 is 14.5 Å². The second-order valence-electron chi connectivity index (χ2n) is 10.2. The normalized spacial score (nSPS) is 22.1. The first kappa shape index (κ1) is 24.9. The van der Waals surface area contributed by atoms with Crippen molar-refractivity contribution in [2.24, 2.45) is 17.8 Å². The highest BCUT2D eigenvalue weighted by Gasteiger charge is 2.49. The Bertz CT molecular complexity index is 1470. The molecule has 6 rings (SSSR count). The number of nitrogens with zero attached hydrogens (tertiary/aromatic N) is 2. The predicted octanol–water partition coefficient (Wildman–Crippen LogP) is 5.45. The molecule has 2 heterocycles. The van der Waals surface area contributed by atoms with Crippen LogP contribution in [-0.2, 0) is 14.3 Å². The first-order chi connectivity index (χ1) is 19.0. The molecule has 0 spiro atoms. The maximum absolute atomic E-state index is 13.9. The number of imide groups is 1. The number of hydrogen-bond donors (Lipinski definition) is 0. The molecule has 0 aromatic heterocycles. The van der Waals surface area contributed by atoms with E-state index in [9.17, 15) is 14.4 Å². The lowest BCUT2D eigenvalue weighted by molar-refractivity contribution is -0.136. The molecule has 1 aliphatic carbocycles. The maximum Gasteiger partial charge on any atom is 0.338 e. The summed E-state index contributed by atoms with van der Waals surface area (Å²) in [6, 6.07) is 22.6. The average Bonchev–Trinajstić information content (AvgIpc) is 2.94. The molecular weight excluding hydrogens is 492 g/mol. The summed E-state index contributed by atoms with van der Waals surface area (Å²) in [5.41, 5.74) is 4.51. The molecule has 0 unspecified atom stereocenters. The number of benzene rings is 3. The molecular formula is C32H30N2O5. The van der Waals surface area contributed by atoms with E-state index in [1.54, 1.807) is 25.1 Å². The van der Waals surface area contributed by atoms with Crippen molar-refractivity contribution in [1.29, 1.82) is 0 Å². The number of hydrogen-bond acceptors (Lipinski definition) is 6. The molecule has 0 saturated carbocycles. The molecule has 3 aliphatic rings. The van der Waals surface area contributed by atoms with Crippen molar-refractivity contribution in [3.8, 4) is 5.75 Å². The van der Waals surface area contributed by atoms with E-state index < -0.39 is 0 Å². The largest absolute Gasteiger partial charge is 0.487 e. The molecule has 3 atom stereocenters. The Labute approximate surface area is 227 Å². The molecule has 39 heavy (non-hydrogen) atoms. The van der Waals surface area contributed by atoms with Gasteiger partial charge in [-0.1, -0.05) is 42.5 Å². The minimum atomic E-state index is -0.381. The molecule has 1 fully saturated rings. The van der Waals surface area contributed by atoms with Crippen LogP contribution >= 0.6 is 0 Å². The Morgan fingerprint density at radius 1 is 0.923 bits per heavy atom. The Kier molecular flexibility index (Phi) is 6.43. The Hall–Kier alpha value is -4.39. The first-order valence-electron chi connectivity index (χ1n) is 13.4. The van der Waals surface area contributed by atoms with Crippen LogP contribution in [0.5, 0.6) is 5.75 Å². The molecule has 2 aliphatic heterocycles. The van der Waals surface area contributed by atoms with Crippen LogP contribution in [0.3, 0.4) is 0 Å². The van der Waals surface area contributed by atoms with E-state index in [1.165, 1.54) is 4.90 Å². The van der Waals surface area contributed by atoms with Crippen molar-refractivity contribution < 1.29 is 23.9 Å². The van der Waals surface area contributed by atoms with Crippen LogP contribution in [0.15, 0.2) is 84.4 Å². The third-order valence-electron chi connectivity index (χ3n) is 7.98. The lowest BCUT2D eigenvalue weighted by Crippen LogP contribution is -2.55. The number of esters is 1. The smallest absolute Gasteiger partial charge is 0.338 e. The molecule has 198 valence electrons. The van der Waals surface area contributed by atoms with Gasteiger partial charge >= 0.3 is 5.97 Å². The number of piperidine rings is 1. The predicted molar refractivity (Wildman–Crippen MR) is 148 cm³/mol. The van der Waals surface area contributed by atoms with Gasteiger partial charge in [0.15, 0.2) is 0 Å². The molecule has 3 aromatic carbocycles. The van der Waals surface area contributed by atoms with Crippen molar-refractivity contribution in [2.45, 2.75) is 20.3 Å². The van der Waals surface area contributed by atoms with Gasteiger partial charge in [-0.3, -0.25) is 9.59 Å². The number of carbonyl (C=O) groups excluding carboxylic acids is 3. The SMILES string of the molecule is CCOC(=O)c1ccc2c(c1C)N(c1ccccc1)C[C@@H]1C(=C[C@H]3C[C@@H]1C(=O)N(c1ccccc1)C3=O)CO2. The second-order valence-corrected chi connectivity index (χ2v) is 10.2. The number of amides is 2. The van der Waals surface area contributed by atoms with E-state index in [-0.39, 0.29) is 48.8 Å². The van der Waals surface area contributed by atoms with Crippen molar-refractivity contribution in [2.75, 3.05) is 29.6 Å². The van der Waals surface area contributed by atoms with Gasteiger partial charge in [-0.15, -0.1) is 0 Å². The molecule has 2 bridgehead atoms. The average molecular weight is 523 g/mol. The fourth-order valence-corrected chi connectivity index (χ4v) is 6.11. The van der Waals surface area contributed by atoms with Crippen LogP contribution in [0.25, 0.3) is 0 Å². The third-order valence-corrected chi connectivity index (χ3v) is 7.98. The Balaban J connectivity index is 1.46. The molecule has 7 heteroatoms. The topological polar surface area (TPSA) is 76.2 Å². The summed E-state index contributed by atoms with van der Waals surface area (Å²) in [5.74, 6) is -1.03. The number of ether oxygens (including phenoxy) is 2. The van der Waals surface area contributed by atoms with Gasteiger partial charge in [0.1, 0.15) is 12.4 Å². The molecule has 2 amide bonds. The lowest BCUT2D eigenvalue weighted by Gasteiger charge is -2.45. The number of carbonyl (C=O) groups is 3. The van der Waals surface area contributed by atoms with Gasteiger partial charge in [0.05, 0.1) is 29.5 Å². The van der Waals surface area contributed by atoms with Crippen molar-refractivity contribution >= 4 is 34.8 Å². The van der Waals surface area contributed by atoms with E-state index in [1.807, 2.05) is 67.6 Å². The van der Waals surface area contributed by atoms with Gasteiger partial charge in [0, 0.05) is 24.1 Å². The van der Waals surface area contributed by atoms with Gasteiger partial charge < -0.3 is 14.4 Å². The zero-order valence-corrected chi connectivity index (χ0v) is 22.0. The highest BCUT2D eigenvalue weighted by atomic mass is 16.5. The number of anilines is 3. The van der Waals surface area contributed by atoms with E-state index in [0.717, 1.165) is 22.5 Å². The van der Waals surface area contributed by atoms with Gasteiger partial charge in [-0.25, -0.2) is 9.69 Å². The molecule has 7 nitrogen and oxygen atoms in total. The van der Waals surface area contributed by atoms with Gasteiger partial charge in [0.25, 0.3) is 0 Å². The van der Waals surface area contributed by atoms with Crippen molar-refractivity contribution in [3.63, 3.8) is 0 Å². The van der Waals surface area contributed by atoms with Gasteiger partial charge in [-0.05, 0) is 67.8 Å². The fraction of sp³-hybridized carbons (Fsp3) is 0.281. The van der Waals surface area contributed by atoms with E-state index in [2.05, 4.69) is 4.90 Å². The Morgan fingerprint density at radius 2 is 1.62 bits per heavy atom. The highest BCUT2D eigenvalue weighted by Crippen LogP contribution is 2.47. The fourth-order valence-electron chi connectivity index (χ4n) is 6.11. The zero-order chi connectivity index (χ0) is 27.1. The van der Waals surface area contributed by atoms with Crippen LogP contribution in [0.2, 0.25) is 0 Å². The molecule has 1 saturated heterocycles. The van der Waals surface area contributed by atoms with Crippen LogP contribution in [0.4, 0.5) is 17.1 Å². The molecule has 3 aromatic rings. The first-order valence-corrected chi connectivity index (χ1v) is 13.4. The van der Waals surface area contributed by atoms with E-state index in [4.69, 9.17) is 9.47 Å². The van der Waals surface area contributed by atoms with Crippen LogP contribution in [-0.4, -0.2) is 37.5 Å². The van der Waals surface area contributed by atoms with Gasteiger partial charge in [-0.2, -0.15) is 0 Å². The van der Waals surface area contributed by atoms with Crippen molar-refractivity contribution in [1.82, 2.24) is 0 Å². The summed E-state index contributed by atoms with van der Waals surface area (Å²) in [6.45, 7) is 4.75. The maximum atomic E-state index is 13.9. The van der Waals surface area contributed by atoms with E-state index in [0.29, 0.717) is 30.0 Å². The van der Waals surface area contributed by atoms with E-state index >= 15 is 0 Å². The summed E-state index contributed by atoms with van der Waals surface area (Å²) in [7, 11) is 0. The highest BCUT2D eigenvalue weighted by molar-refractivity contribution is 6.19. The second kappa shape index (κ2) is 10.1. The monoisotopic (exact) mass is 522 g/mol. The minimum absolute atomic E-state index is 0.174. The summed E-state index contributed by atoms with van der Waals surface area (Å²) in [6.07, 6.45) is 2.49. The minimum Gasteiger partial charge on any atom is -0.487 e. The van der Waals surface area contributed by atoms with Gasteiger partial charge in [0.2, 0.25) is 11.8 Å².